The Balaban J connectivity index is 1.60. The lowest BCUT2D eigenvalue weighted by atomic mass is 9.48. The zero-order chi connectivity index (χ0) is 16.0. The second kappa shape index (κ2) is 5.81. The van der Waals surface area contributed by atoms with Crippen LogP contribution in [0, 0.1) is 17.3 Å². The van der Waals surface area contributed by atoms with Gasteiger partial charge in [0, 0.05) is 24.3 Å². The molecule has 4 fully saturated rings. The number of nitrogens with zero attached hydrogens (tertiary/aromatic N) is 1. The van der Waals surface area contributed by atoms with E-state index in [1.807, 2.05) is 0 Å². The van der Waals surface area contributed by atoms with Crippen LogP contribution in [0.2, 0.25) is 0 Å². The average Bonchev–Trinajstić information content (AvgIpc) is 2.40. The van der Waals surface area contributed by atoms with Crippen molar-refractivity contribution in [2.24, 2.45) is 17.3 Å². The zero-order valence-electron chi connectivity index (χ0n) is 13.6. The van der Waals surface area contributed by atoms with Crippen LogP contribution in [0.25, 0.3) is 0 Å². The number of carbonyl (C=O) groups is 2. The Morgan fingerprint density at radius 3 is 2.41 bits per heavy atom. The molecule has 1 amide bonds. The van der Waals surface area contributed by atoms with Crippen LogP contribution in [0.1, 0.15) is 51.4 Å². The molecule has 2 atom stereocenters. The minimum absolute atomic E-state index is 0.182. The monoisotopic (exact) mass is 371 g/mol. The summed E-state index contributed by atoms with van der Waals surface area (Å²) in [7, 11) is 3.19. The predicted octanol–water partition coefficient (Wildman–Crippen LogP) is 3.13. The molecule has 4 aliphatic carbocycles. The smallest absolute Gasteiger partial charge is 0.307 e. The SMILES string of the molecule is COC(=O)CCN(C)C(=O)CC12CC3CC(CC(Br)(C3)C1)C2. The quantitative estimate of drug-likeness (QED) is 0.550. The van der Waals surface area contributed by atoms with E-state index in [0.717, 1.165) is 18.3 Å². The minimum atomic E-state index is -0.256. The van der Waals surface area contributed by atoms with Crippen molar-refractivity contribution in [3.8, 4) is 0 Å². The van der Waals surface area contributed by atoms with Crippen molar-refractivity contribution in [2.75, 3.05) is 20.7 Å². The van der Waals surface area contributed by atoms with Gasteiger partial charge in [-0.2, -0.15) is 0 Å². The van der Waals surface area contributed by atoms with Gasteiger partial charge in [-0.3, -0.25) is 9.59 Å². The van der Waals surface area contributed by atoms with Gasteiger partial charge in [-0.15, -0.1) is 0 Å². The number of amides is 1. The summed E-state index contributed by atoms with van der Waals surface area (Å²) in [5, 5.41) is 0. The number of rotatable bonds is 5. The highest BCUT2D eigenvalue weighted by Gasteiger charge is 2.57. The predicted molar refractivity (Wildman–Crippen MR) is 87.7 cm³/mol. The van der Waals surface area contributed by atoms with E-state index in [0.29, 0.717) is 17.3 Å². The van der Waals surface area contributed by atoms with Gasteiger partial charge in [-0.05, 0) is 55.8 Å². The number of hydrogen-bond acceptors (Lipinski definition) is 3. The summed E-state index contributed by atoms with van der Waals surface area (Å²) in [5.74, 6) is 1.53. The maximum Gasteiger partial charge on any atom is 0.307 e. The van der Waals surface area contributed by atoms with E-state index in [4.69, 9.17) is 0 Å². The van der Waals surface area contributed by atoms with Crippen molar-refractivity contribution in [3.63, 3.8) is 0 Å². The molecule has 4 bridgehead atoms. The molecule has 124 valence electrons. The van der Waals surface area contributed by atoms with Gasteiger partial charge in [-0.1, -0.05) is 15.9 Å². The molecule has 2 unspecified atom stereocenters. The van der Waals surface area contributed by atoms with Crippen LogP contribution in [0.5, 0.6) is 0 Å². The number of ether oxygens (including phenoxy) is 1. The number of hydrogen-bond donors (Lipinski definition) is 0. The van der Waals surface area contributed by atoms with Crippen LogP contribution in [0.4, 0.5) is 0 Å². The first-order valence-electron chi connectivity index (χ1n) is 8.33. The highest BCUT2D eigenvalue weighted by molar-refractivity contribution is 9.10. The van der Waals surface area contributed by atoms with E-state index in [9.17, 15) is 9.59 Å². The molecule has 0 N–H and O–H groups in total. The van der Waals surface area contributed by atoms with Gasteiger partial charge < -0.3 is 9.64 Å². The molecule has 0 aromatic carbocycles. The normalized spacial score (nSPS) is 38.9. The highest BCUT2D eigenvalue weighted by Crippen LogP contribution is 2.65. The molecule has 4 saturated carbocycles. The molecule has 4 nitrogen and oxygen atoms in total. The first-order chi connectivity index (χ1) is 10.3. The van der Waals surface area contributed by atoms with Crippen LogP contribution >= 0.6 is 15.9 Å². The Labute approximate surface area is 141 Å². The first kappa shape index (κ1) is 16.3. The number of carbonyl (C=O) groups excluding carboxylic acids is 2. The van der Waals surface area contributed by atoms with Crippen molar-refractivity contribution < 1.29 is 14.3 Å². The Kier molecular flexibility index (Phi) is 4.30. The summed E-state index contributed by atoms with van der Waals surface area (Å²) < 4.78 is 4.94. The van der Waals surface area contributed by atoms with Gasteiger partial charge in [0.25, 0.3) is 0 Å². The van der Waals surface area contributed by atoms with Gasteiger partial charge in [0.1, 0.15) is 0 Å². The summed E-state index contributed by atoms with van der Waals surface area (Å²) in [6, 6.07) is 0. The number of alkyl halides is 1. The lowest BCUT2D eigenvalue weighted by Gasteiger charge is -2.60. The van der Waals surface area contributed by atoms with Crippen LogP contribution in [0.3, 0.4) is 0 Å². The molecule has 0 saturated heterocycles. The zero-order valence-corrected chi connectivity index (χ0v) is 15.2. The van der Waals surface area contributed by atoms with Crippen LogP contribution in [-0.2, 0) is 14.3 Å². The minimum Gasteiger partial charge on any atom is -0.469 e. The third-order valence-electron chi connectivity index (χ3n) is 5.94. The molecule has 5 heteroatoms. The molecular weight excluding hydrogens is 346 g/mol. The third-order valence-corrected chi connectivity index (χ3v) is 6.87. The molecule has 0 heterocycles. The molecule has 22 heavy (non-hydrogen) atoms. The number of esters is 1. The van der Waals surface area contributed by atoms with Gasteiger partial charge in [0.2, 0.25) is 5.91 Å². The van der Waals surface area contributed by atoms with Crippen LogP contribution in [0.15, 0.2) is 0 Å². The lowest BCUT2D eigenvalue weighted by Crippen LogP contribution is -2.54. The van der Waals surface area contributed by atoms with E-state index < -0.39 is 0 Å². The average molecular weight is 372 g/mol. The Hall–Kier alpha value is -0.580. The molecule has 4 rings (SSSR count). The molecule has 0 aromatic heterocycles. The van der Waals surface area contributed by atoms with Crippen molar-refractivity contribution in [2.45, 2.75) is 55.7 Å². The van der Waals surface area contributed by atoms with Crippen LogP contribution in [-0.4, -0.2) is 41.8 Å². The second-order valence-corrected chi connectivity index (χ2v) is 9.61. The maximum atomic E-state index is 12.6. The van der Waals surface area contributed by atoms with E-state index in [2.05, 4.69) is 20.7 Å². The molecule has 0 radical (unpaired) electrons. The van der Waals surface area contributed by atoms with Crippen LogP contribution < -0.4 is 0 Å². The van der Waals surface area contributed by atoms with E-state index >= 15 is 0 Å². The highest BCUT2D eigenvalue weighted by atomic mass is 79.9. The van der Waals surface area contributed by atoms with E-state index in [1.54, 1.807) is 11.9 Å². The van der Waals surface area contributed by atoms with Gasteiger partial charge in [0.05, 0.1) is 13.5 Å². The summed E-state index contributed by atoms with van der Waals surface area (Å²) in [6.07, 6.45) is 8.44. The molecular formula is C17H26BrNO3. The third kappa shape index (κ3) is 3.19. The van der Waals surface area contributed by atoms with Crippen molar-refractivity contribution in [1.29, 1.82) is 0 Å². The van der Waals surface area contributed by atoms with Gasteiger partial charge in [0.15, 0.2) is 0 Å². The van der Waals surface area contributed by atoms with Crippen molar-refractivity contribution >= 4 is 27.8 Å². The topological polar surface area (TPSA) is 46.6 Å². The van der Waals surface area contributed by atoms with E-state index in [-0.39, 0.29) is 23.7 Å². The van der Waals surface area contributed by atoms with Crippen molar-refractivity contribution in [3.05, 3.63) is 0 Å². The number of methoxy groups -OCH3 is 1. The summed E-state index contributed by atoms with van der Waals surface area (Å²) in [4.78, 5) is 25.5. The van der Waals surface area contributed by atoms with Crippen molar-refractivity contribution in [1.82, 2.24) is 4.90 Å². The number of halogens is 1. The summed E-state index contributed by atoms with van der Waals surface area (Å²) >= 11 is 3.99. The molecule has 0 aromatic rings. The molecule has 0 spiro atoms. The van der Waals surface area contributed by atoms with Gasteiger partial charge in [-0.25, -0.2) is 0 Å². The fourth-order valence-electron chi connectivity index (χ4n) is 5.48. The Morgan fingerprint density at radius 2 is 1.86 bits per heavy atom. The lowest BCUT2D eigenvalue weighted by molar-refractivity contribution is -0.142. The fourth-order valence-corrected chi connectivity index (χ4v) is 6.99. The Morgan fingerprint density at radius 1 is 1.23 bits per heavy atom. The first-order valence-corrected chi connectivity index (χ1v) is 9.12. The maximum absolute atomic E-state index is 12.6. The Bertz CT molecular complexity index is 465. The molecule has 4 aliphatic rings. The standard InChI is InChI=1S/C17H26BrNO3/c1-19(4-3-15(21)22-2)14(20)10-16-6-12-5-13(7-16)9-17(18,8-12)11-16/h12-13H,3-11H2,1-2H3. The summed E-state index contributed by atoms with van der Waals surface area (Å²) in [5.41, 5.74) is 0.199. The largest absolute Gasteiger partial charge is 0.469 e. The fraction of sp³-hybridized carbons (Fsp3) is 0.882. The second-order valence-electron chi connectivity index (χ2n) is 7.93. The van der Waals surface area contributed by atoms with E-state index in [1.165, 1.54) is 39.2 Å². The molecule has 0 aliphatic heterocycles. The summed E-state index contributed by atoms with van der Waals surface area (Å²) in [6.45, 7) is 0.452. The van der Waals surface area contributed by atoms with Gasteiger partial charge >= 0.3 is 5.97 Å².